The van der Waals surface area contributed by atoms with Crippen LogP contribution >= 0.6 is 11.3 Å². The van der Waals surface area contributed by atoms with Gasteiger partial charge in [0.1, 0.15) is 5.69 Å². The highest BCUT2D eigenvalue weighted by Crippen LogP contribution is 2.14. The summed E-state index contributed by atoms with van der Waals surface area (Å²) in [4.78, 5) is 15.7. The van der Waals surface area contributed by atoms with E-state index >= 15 is 0 Å². The predicted molar refractivity (Wildman–Crippen MR) is 73.7 cm³/mol. The van der Waals surface area contributed by atoms with Gasteiger partial charge < -0.3 is 11.1 Å². The zero-order valence-corrected chi connectivity index (χ0v) is 10.9. The minimum absolute atomic E-state index is 0.175. The van der Waals surface area contributed by atoms with E-state index in [0.29, 0.717) is 17.4 Å². The van der Waals surface area contributed by atoms with E-state index < -0.39 is 0 Å². The summed E-state index contributed by atoms with van der Waals surface area (Å²) in [6, 6.07) is 10.1. The van der Waals surface area contributed by atoms with Crippen molar-refractivity contribution in [1.82, 2.24) is 10.3 Å². The molecular formula is C13H15N3OS. The van der Waals surface area contributed by atoms with Crippen molar-refractivity contribution in [3.8, 4) is 0 Å². The Morgan fingerprint density at radius 1 is 1.44 bits per heavy atom. The summed E-state index contributed by atoms with van der Waals surface area (Å²) in [5.74, 6) is 0.0943. The molecular weight excluding hydrogens is 246 g/mol. The number of carbonyl (C=O) groups is 1. The molecule has 0 aliphatic carbocycles. The highest BCUT2D eigenvalue weighted by molar-refractivity contribution is 7.13. The zero-order valence-electron chi connectivity index (χ0n) is 10.1. The second-order valence-corrected chi connectivity index (χ2v) is 4.98. The second-order valence-electron chi connectivity index (χ2n) is 4.09. The van der Waals surface area contributed by atoms with Crippen LogP contribution in [-0.2, 0) is 0 Å². The minimum Gasteiger partial charge on any atom is -0.375 e. The quantitative estimate of drug-likeness (QED) is 0.887. The van der Waals surface area contributed by atoms with Gasteiger partial charge in [-0.05, 0) is 11.5 Å². The highest BCUT2D eigenvalue weighted by Gasteiger charge is 2.11. The lowest BCUT2D eigenvalue weighted by molar-refractivity contribution is 0.0947. The number of rotatable bonds is 4. The van der Waals surface area contributed by atoms with Crippen molar-refractivity contribution in [2.24, 2.45) is 0 Å². The van der Waals surface area contributed by atoms with Gasteiger partial charge in [0.25, 0.3) is 5.91 Å². The van der Waals surface area contributed by atoms with Crippen LogP contribution in [0.2, 0.25) is 0 Å². The standard InChI is InChI=1S/C13H15N3OS/c1-9(10-5-3-2-4-6-10)7-15-12(17)11-8-18-13(14)16-11/h2-6,8-9H,7H2,1H3,(H2,14,16)(H,15,17). The Labute approximate surface area is 110 Å². The normalized spacial score (nSPS) is 12.1. The third-order valence-electron chi connectivity index (χ3n) is 2.69. The Bertz CT molecular complexity index is 524. The number of nitrogens with zero attached hydrogens (tertiary/aromatic N) is 1. The van der Waals surface area contributed by atoms with Crippen LogP contribution in [0.25, 0.3) is 0 Å². The maximum absolute atomic E-state index is 11.8. The molecule has 0 saturated carbocycles. The number of nitrogens with one attached hydrogen (secondary N) is 1. The van der Waals surface area contributed by atoms with Crippen LogP contribution in [0.3, 0.4) is 0 Å². The van der Waals surface area contributed by atoms with Crippen molar-refractivity contribution in [1.29, 1.82) is 0 Å². The first-order valence-electron chi connectivity index (χ1n) is 5.71. The smallest absolute Gasteiger partial charge is 0.270 e. The van der Waals surface area contributed by atoms with Crippen LogP contribution in [0.15, 0.2) is 35.7 Å². The minimum atomic E-state index is -0.175. The molecule has 0 spiro atoms. The van der Waals surface area contributed by atoms with E-state index in [1.54, 1.807) is 5.38 Å². The number of aromatic nitrogens is 1. The number of carbonyl (C=O) groups excluding carboxylic acids is 1. The van der Waals surface area contributed by atoms with Gasteiger partial charge in [-0.1, -0.05) is 37.3 Å². The SMILES string of the molecule is CC(CNC(=O)c1csc(N)n1)c1ccccc1. The summed E-state index contributed by atoms with van der Waals surface area (Å²) < 4.78 is 0. The van der Waals surface area contributed by atoms with Gasteiger partial charge in [0.05, 0.1) is 0 Å². The fourth-order valence-electron chi connectivity index (χ4n) is 1.63. The molecule has 0 aliphatic rings. The van der Waals surface area contributed by atoms with Crippen molar-refractivity contribution < 1.29 is 4.79 Å². The van der Waals surface area contributed by atoms with Gasteiger partial charge in [-0.3, -0.25) is 4.79 Å². The molecule has 1 aromatic carbocycles. The fourth-order valence-corrected chi connectivity index (χ4v) is 2.17. The molecule has 4 nitrogen and oxygen atoms in total. The molecule has 0 radical (unpaired) electrons. The maximum atomic E-state index is 11.8. The van der Waals surface area contributed by atoms with Crippen molar-refractivity contribution in [3.05, 3.63) is 47.0 Å². The molecule has 94 valence electrons. The first kappa shape index (κ1) is 12.6. The molecule has 18 heavy (non-hydrogen) atoms. The van der Waals surface area contributed by atoms with Gasteiger partial charge in [-0.15, -0.1) is 11.3 Å². The highest BCUT2D eigenvalue weighted by atomic mass is 32.1. The number of thiazole rings is 1. The third kappa shape index (κ3) is 3.07. The number of nitrogen functional groups attached to an aromatic ring is 1. The van der Waals surface area contributed by atoms with Crippen molar-refractivity contribution in [2.75, 3.05) is 12.3 Å². The monoisotopic (exact) mass is 261 g/mol. The van der Waals surface area contributed by atoms with E-state index in [0.717, 1.165) is 0 Å². The summed E-state index contributed by atoms with van der Waals surface area (Å²) in [5, 5.41) is 4.94. The summed E-state index contributed by atoms with van der Waals surface area (Å²) in [5.41, 5.74) is 7.08. The first-order valence-corrected chi connectivity index (χ1v) is 6.59. The van der Waals surface area contributed by atoms with Gasteiger partial charge in [0, 0.05) is 11.9 Å². The van der Waals surface area contributed by atoms with Crippen molar-refractivity contribution >= 4 is 22.4 Å². The third-order valence-corrected chi connectivity index (χ3v) is 3.37. The Morgan fingerprint density at radius 3 is 2.78 bits per heavy atom. The lowest BCUT2D eigenvalue weighted by atomic mass is 10.0. The molecule has 0 aliphatic heterocycles. The largest absolute Gasteiger partial charge is 0.375 e. The van der Waals surface area contributed by atoms with E-state index in [2.05, 4.69) is 29.4 Å². The Balaban J connectivity index is 1.90. The van der Waals surface area contributed by atoms with E-state index in [1.165, 1.54) is 16.9 Å². The zero-order chi connectivity index (χ0) is 13.0. The molecule has 0 fully saturated rings. The number of nitrogens with two attached hydrogens (primary N) is 1. The van der Waals surface area contributed by atoms with Crippen LogP contribution in [0.5, 0.6) is 0 Å². The molecule has 0 saturated heterocycles. The van der Waals surface area contributed by atoms with Gasteiger partial charge in [-0.2, -0.15) is 0 Å². The average molecular weight is 261 g/mol. The van der Waals surface area contributed by atoms with Gasteiger partial charge in [0.15, 0.2) is 5.13 Å². The lowest BCUT2D eigenvalue weighted by Gasteiger charge is -2.12. The van der Waals surface area contributed by atoms with Gasteiger partial charge >= 0.3 is 0 Å². The molecule has 5 heteroatoms. The predicted octanol–water partition coefficient (Wildman–Crippen LogP) is 2.26. The van der Waals surface area contributed by atoms with E-state index in [4.69, 9.17) is 5.73 Å². The molecule has 3 N–H and O–H groups in total. The van der Waals surface area contributed by atoms with Gasteiger partial charge in [0.2, 0.25) is 0 Å². The number of amides is 1. The molecule has 2 rings (SSSR count). The number of hydrogen-bond donors (Lipinski definition) is 2. The van der Waals surface area contributed by atoms with Crippen molar-refractivity contribution in [2.45, 2.75) is 12.8 Å². The van der Waals surface area contributed by atoms with Crippen LogP contribution in [-0.4, -0.2) is 17.4 Å². The summed E-state index contributed by atoms with van der Waals surface area (Å²) >= 11 is 1.27. The second kappa shape index (κ2) is 5.64. The van der Waals surface area contributed by atoms with E-state index in [1.807, 2.05) is 18.2 Å². The summed E-state index contributed by atoms with van der Waals surface area (Å²) in [7, 11) is 0. The van der Waals surface area contributed by atoms with Crippen LogP contribution < -0.4 is 11.1 Å². The van der Waals surface area contributed by atoms with Crippen LogP contribution in [0, 0.1) is 0 Å². The van der Waals surface area contributed by atoms with Crippen LogP contribution in [0.1, 0.15) is 28.9 Å². The molecule has 1 heterocycles. The number of hydrogen-bond acceptors (Lipinski definition) is 4. The fraction of sp³-hybridized carbons (Fsp3) is 0.231. The molecule has 1 aromatic heterocycles. The molecule has 1 unspecified atom stereocenters. The van der Waals surface area contributed by atoms with Gasteiger partial charge in [-0.25, -0.2) is 4.98 Å². The molecule has 0 bridgehead atoms. The summed E-state index contributed by atoms with van der Waals surface area (Å²) in [6.07, 6.45) is 0. The molecule has 2 aromatic rings. The Morgan fingerprint density at radius 2 is 2.17 bits per heavy atom. The molecule has 1 atom stereocenters. The number of anilines is 1. The topological polar surface area (TPSA) is 68.0 Å². The summed E-state index contributed by atoms with van der Waals surface area (Å²) in [6.45, 7) is 2.66. The lowest BCUT2D eigenvalue weighted by Crippen LogP contribution is -2.27. The molecule has 1 amide bonds. The Hall–Kier alpha value is -1.88. The maximum Gasteiger partial charge on any atom is 0.270 e. The van der Waals surface area contributed by atoms with E-state index in [-0.39, 0.29) is 11.8 Å². The average Bonchev–Trinajstić information content (AvgIpc) is 2.83. The Kier molecular flexibility index (Phi) is 3.94. The van der Waals surface area contributed by atoms with Crippen LogP contribution in [0.4, 0.5) is 5.13 Å². The number of benzene rings is 1. The van der Waals surface area contributed by atoms with E-state index in [9.17, 15) is 4.79 Å². The first-order chi connectivity index (χ1) is 8.66. The van der Waals surface area contributed by atoms with Crippen molar-refractivity contribution in [3.63, 3.8) is 0 Å².